The Hall–Kier alpha value is -1.43. The van der Waals surface area contributed by atoms with Gasteiger partial charge >= 0.3 is 6.09 Å². The molecule has 0 heterocycles. The zero-order valence-electron chi connectivity index (χ0n) is 12.2. The first-order valence-corrected chi connectivity index (χ1v) is 5.89. The zero-order chi connectivity index (χ0) is 14.3. The topological polar surface area (TPSA) is 62.8 Å². The maximum atomic E-state index is 11.4. The maximum Gasteiger partial charge on any atom is 0.407 e. The molecule has 1 amide bonds. The molecule has 0 saturated carbocycles. The molecule has 6 heteroatoms. The van der Waals surface area contributed by atoms with Crippen molar-refractivity contribution in [2.45, 2.75) is 39.4 Å². The fourth-order valence-corrected chi connectivity index (χ4v) is 1.02. The number of nitrogens with zero attached hydrogens (tertiary/aromatic N) is 1. The average Bonchev–Trinajstić information content (AvgIpc) is 2.22. The zero-order valence-corrected chi connectivity index (χ0v) is 12.2. The monoisotopic (exact) mass is 259 g/mol. The van der Waals surface area contributed by atoms with Crippen LogP contribution in [0.15, 0.2) is 12.5 Å². The number of carbonyl (C=O) groups is 1. The molecule has 0 saturated heterocycles. The molecule has 1 atom stereocenters. The van der Waals surface area contributed by atoms with Gasteiger partial charge < -0.3 is 14.8 Å². The van der Waals surface area contributed by atoms with E-state index in [1.807, 2.05) is 27.7 Å². The number of hydrogen-bond acceptors (Lipinski definition) is 5. The molecule has 0 aliphatic rings. The molecule has 2 N–H and O–H groups in total. The lowest BCUT2D eigenvalue weighted by molar-refractivity contribution is 0.0379. The van der Waals surface area contributed by atoms with Gasteiger partial charge in [-0.3, -0.25) is 5.01 Å². The highest BCUT2D eigenvalue weighted by Crippen LogP contribution is 2.07. The lowest BCUT2D eigenvalue weighted by atomic mass is 10.2. The first-order chi connectivity index (χ1) is 8.15. The van der Waals surface area contributed by atoms with Gasteiger partial charge in [0.25, 0.3) is 0 Å². The first-order valence-electron chi connectivity index (χ1n) is 5.89. The summed E-state index contributed by atoms with van der Waals surface area (Å²) in [5, 5.41) is 4.28. The van der Waals surface area contributed by atoms with Crippen LogP contribution < -0.4 is 10.7 Å². The Labute approximate surface area is 109 Å². The molecule has 0 aromatic carbocycles. The number of alkyl carbamates (subject to hydrolysis) is 1. The number of hydrogen-bond donors (Lipinski definition) is 2. The largest absolute Gasteiger partial charge is 0.474 e. The molecule has 0 bridgehead atoms. The number of carbonyl (C=O) groups excluding carboxylic acids is 1. The minimum absolute atomic E-state index is 0.194. The van der Waals surface area contributed by atoms with Gasteiger partial charge in [0.15, 0.2) is 5.88 Å². The Morgan fingerprint density at radius 1 is 1.44 bits per heavy atom. The van der Waals surface area contributed by atoms with Gasteiger partial charge in [-0.2, -0.15) is 0 Å². The molecule has 0 aromatic heterocycles. The van der Waals surface area contributed by atoms with E-state index in [2.05, 4.69) is 17.3 Å². The number of amides is 1. The summed E-state index contributed by atoms with van der Waals surface area (Å²) in [5.74, 6) is 0.482. The van der Waals surface area contributed by atoms with Crippen LogP contribution in [-0.2, 0) is 9.47 Å². The van der Waals surface area contributed by atoms with E-state index in [1.54, 1.807) is 19.1 Å². The van der Waals surface area contributed by atoms with Crippen molar-refractivity contribution in [3.05, 3.63) is 12.5 Å². The molecule has 0 aliphatic heterocycles. The van der Waals surface area contributed by atoms with E-state index in [1.165, 1.54) is 0 Å². The maximum absolute atomic E-state index is 11.4. The van der Waals surface area contributed by atoms with Crippen molar-refractivity contribution in [1.82, 2.24) is 15.8 Å². The summed E-state index contributed by atoms with van der Waals surface area (Å²) >= 11 is 0. The molecule has 18 heavy (non-hydrogen) atoms. The van der Waals surface area contributed by atoms with Gasteiger partial charge in [0, 0.05) is 14.1 Å². The van der Waals surface area contributed by atoms with E-state index >= 15 is 0 Å². The third kappa shape index (κ3) is 7.78. The Kier molecular flexibility index (Phi) is 6.54. The molecule has 0 spiro atoms. The molecule has 0 fully saturated rings. The molecule has 106 valence electrons. The van der Waals surface area contributed by atoms with Crippen molar-refractivity contribution < 1.29 is 14.3 Å². The van der Waals surface area contributed by atoms with Gasteiger partial charge in [0.2, 0.25) is 0 Å². The lowest BCUT2D eigenvalue weighted by Crippen LogP contribution is -2.38. The Morgan fingerprint density at radius 2 is 2.00 bits per heavy atom. The van der Waals surface area contributed by atoms with Gasteiger partial charge in [-0.25, -0.2) is 10.2 Å². The highest BCUT2D eigenvalue weighted by atomic mass is 16.6. The van der Waals surface area contributed by atoms with Crippen molar-refractivity contribution in [2.24, 2.45) is 0 Å². The normalized spacial score (nSPS) is 12.6. The standard InChI is InChI=1S/C12H25N3O3/c1-9(17-10(2)15(7)13-6)8-14-11(16)18-12(3,4)5/h9,13H,2,8H2,1,3-7H3,(H,14,16). The van der Waals surface area contributed by atoms with Crippen LogP contribution in [0, 0.1) is 0 Å². The second kappa shape index (κ2) is 7.10. The second-order valence-electron chi connectivity index (χ2n) is 4.99. The van der Waals surface area contributed by atoms with Crippen molar-refractivity contribution in [1.29, 1.82) is 0 Å². The highest BCUT2D eigenvalue weighted by molar-refractivity contribution is 5.67. The summed E-state index contributed by atoms with van der Waals surface area (Å²) in [4.78, 5) is 11.4. The van der Waals surface area contributed by atoms with Gasteiger partial charge in [0.1, 0.15) is 11.7 Å². The Balaban J connectivity index is 3.94. The van der Waals surface area contributed by atoms with E-state index in [4.69, 9.17) is 9.47 Å². The van der Waals surface area contributed by atoms with Crippen molar-refractivity contribution in [2.75, 3.05) is 20.6 Å². The summed E-state index contributed by atoms with van der Waals surface area (Å²) in [5.41, 5.74) is 2.37. The van der Waals surface area contributed by atoms with Crippen LogP contribution in [0.1, 0.15) is 27.7 Å². The number of rotatable bonds is 6. The van der Waals surface area contributed by atoms with E-state index < -0.39 is 11.7 Å². The van der Waals surface area contributed by atoms with Crippen molar-refractivity contribution in [3.8, 4) is 0 Å². The summed E-state index contributed by atoms with van der Waals surface area (Å²) in [6.07, 6.45) is -0.647. The number of nitrogens with one attached hydrogen (secondary N) is 2. The van der Waals surface area contributed by atoms with E-state index in [0.29, 0.717) is 12.4 Å². The van der Waals surface area contributed by atoms with Crippen molar-refractivity contribution in [3.63, 3.8) is 0 Å². The number of hydrazine groups is 1. The SMILES string of the molecule is C=C(OC(C)CNC(=O)OC(C)(C)C)N(C)NC. The predicted octanol–water partition coefficient (Wildman–Crippen LogP) is 1.45. The van der Waals surface area contributed by atoms with Crippen LogP contribution in [0.4, 0.5) is 4.79 Å². The summed E-state index contributed by atoms with van der Waals surface area (Å²) in [6.45, 7) is 11.4. The van der Waals surface area contributed by atoms with Crippen LogP contribution >= 0.6 is 0 Å². The molecule has 0 radical (unpaired) electrons. The smallest absolute Gasteiger partial charge is 0.407 e. The van der Waals surface area contributed by atoms with E-state index in [-0.39, 0.29) is 6.10 Å². The average molecular weight is 259 g/mol. The fraction of sp³-hybridized carbons (Fsp3) is 0.750. The molecule has 0 aliphatic carbocycles. The van der Waals surface area contributed by atoms with Gasteiger partial charge in [-0.05, 0) is 34.3 Å². The summed E-state index contributed by atoms with van der Waals surface area (Å²) < 4.78 is 10.6. The minimum atomic E-state index is -0.496. The quantitative estimate of drug-likeness (QED) is 0.558. The van der Waals surface area contributed by atoms with Gasteiger partial charge in [0.05, 0.1) is 6.54 Å². The lowest BCUT2D eigenvalue weighted by Gasteiger charge is -2.24. The molecule has 1 unspecified atom stereocenters. The molecule has 0 aromatic rings. The van der Waals surface area contributed by atoms with E-state index in [9.17, 15) is 4.79 Å². The van der Waals surface area contributed by atoms with Crippen LogP contribution in [0.2, 0.25) is 0 Å². The van der Waals surface area contributed by atoms with Gasteiger partial charge in [-0.1, -0.05) is 0 Å². The van der Waals surface area contributed by atoms with Crippen molar-refractivity contribution >= 4 is 6.09 Å². The minimum Gasteiger partial charge on any atom is -0.474 e. The molecular formula is C12H25N3O3. The van der Waals surface area contributed by atoms with Crippen LogP contribution in [0.25, 0.3) is 0 Å². The van der Waals surface area contributed by atoms with E-state index in [0.717, 1.165) is 0 Å². The molecule has 0 rings (SSSR count). The van der Waals surface area contributed by atoms with Gasteiger partial charge in [-0.15, -0.1) is 0 Å². The summed E-state index contributed by atoms with van der Waals surface area (Å²) in [7, 11) is 3.55. The second-order valence-corrected chi connectivity index (χ2v) is 4.99. The Morgan fingerprint density at radius 3 is 2.44 bits per heavy atom. The summed E-state index contributed by atoms with van der Waals surface area (Å²) in [6, 6.07) is 0. The predicted molar refractivity (Wildman–Crippen MR) is 70.7 cm³/mol. The number of ether oxygens (including phenoxy) is 2. The fourth-order valence-electron chi connectivity index (χ4n) is 1.02. The molecular weight excluding hydrogens is 234 g/mol. The Bertz CT molecular complexity index is 287. The van der Waals surface area contributed by atoms with Crippen LogP contribution in [-0.4, -0.2) is 43.4 Å². The van der Waals surface area contributed by atoms with Crippen LogP contribution in [0.3, 0.4) is 0 Å². The third-order valence-electron chi connectivity index (χ3n) is 1.98. The van der Waals surface area contributed by atoms with Crippen LogP contribution in [0.5, 0.6) is 0 Å². The highest BCUT2D eigenvalue weighted by Gasteiger charge is 2.17. The molecule has 6 nitrogen and oxygen atoms in total. The third-order valence-corrected chi connectivity index (χ3v) is 1.98. The first kappa shape index (κ1) is 16.6.